The number of hydrogen-bond acceptors (Lipinski definition) is 6. The van der Waals surface area contributed by atoms with Crippen LogP contribution in [0.4, 0.5) is 10.8 Å². The highest BCUT2D eigenvalue weighted by Gasteiger charge is 2.05. The maximum Gasteiger partial charge on any atom is 0.269 e. The van der Waals surface area contributed by atoms with Crippen LogP contribution in [0, 0.1) is 10.1 Å². The van der Waals surface area contributed by atoms with Gasteiger partial charge in [0.15, 0.2) is 5.13 Å². The number of anilines is 1. The second-order valence-electron chi connectivity index (χ2n) is 3.20. The number of ether oxygens (including phenoxy) is 1. The third-order valence-electron chi connectivity index (χ3n) is 2.00. The van der Waals surface area contributed by atoms with Crippen molar-refractivity contribution in [2.24, 2.45) is 0 Å². The molecule has 7 heteroatoms. The Morgan fingerprint density at radius 2 is 2.12 bits per heavy atom. The van der Waals surface area contributed by atoms with Crippen molar-refractivity contribution < 1.29 is 9.66 Å². The van der Waals surface area contributed by atoms with Crippen molar-refractivity contribution >= 4 is 22.2 Å². The summed E-state index contributed by atoms with van der Waals surface area (Å²) in [5.41, 5.74) is 5.52. The fourth-order valence-electron chi connectivity index (χ4n) is 1.21. The second kappa shape index (κ2) is 4.79. The minimum absolute atomic E-state index is 0.0411. The van der Waals surface area contributed by atoms with Gasteiger partial charge in [-0.05, 0) is 12.1 Å². The Hall–Kier alpha value is -2.15. The van der Waals surface area contributed by atoms with Crippen molar-refractivity contribution in [2.45, 2.75) is 6.61 Å². The van der Waals surface area contributed by atoms with Crippen LogP contribution in [0.3, 0.4) is 0 Å². The number of aromatic nitrogens is 1. The summed E-state index contributed by atoms with van der Waals surface area (Å²) < 4.78 is 5.43. The molecule has 1 aromatic heterocycles. The Morgan fingerprint density at radius 1 is 1.41 bits per heavy atom. The van der Waals surface area contributed by atoms with E-state index in [2.05, 4.69) is 4.98 Å². The van der Waals surface area contributed by atoms with Crippen molar-refractivity contribution in [1.29, 1.82) is 0 Å². The third-order valence-corrected chi connectivity index (χ3v) is 2.80. The fraction of sp³-hybridized carbons (Fsp3) is 0.100. The summed E-state index contributed by atoms with van der Waals surface area (Å²) in [6.07, 6.45) is 1.64. The van der Waals surface area contributed by atoms with E-state index >= 15 is 0 Å². The van der Waals surface area contributed by atoms with E-state index < -0.39 is 4.92 Å². The van der Waals surface area contributed by atoms with Gasteiger partial charge < -0.3 is 10.5 Å². The maximum atomic E-state index is 10.4. The molecule has 0 fully saturated rings. The topological polar surface area (TPSA) is 91.3 Å². The number of nitrogens with zero attached hydrogens (tertiary/aromatic N) is 2. The van der Waals surface area contributed by atoms with E-state index in [0.29, 0.717) is 17.5 Å². The quantitative estimate of drug-likeness (QED) is 0.664. The molecule has 0 spiro atoms. The lowest BCUT2D eigenvalue weighted by Crippen LogP contribution is -1.93. The zero-order chi connectivity index (χ0) is 12.3. The lowest BCUT2D eigenvalue weighted by Gasteiger charge is -2.03. The van der Waals surface area contributed by atoms with Crippen LogP contribution in [0.2, 0.25) is 0 Å². The standard InChI is InChI=1S/C10H9N3O3S/c11-10-12-5-9(17-10)6-16-8-3-1-7(2-4-8)13(14)15/h1-5H,6H2,(H2,11,12). The fourth-order valence-corrected chi connectivity index (χ4v) is 1.81. The maximum absolute atomic E-state index is 10.4. The van der Waals surface area contributed by atoms with Gasteiger partial charge >= 0.3 is 0 Å². The predicted octanol–water partition coefficient (Wildman–Crippen LogP) is 2.21. The second-order valence-corrected chi connectivity index (χ2v) is 4.35. The lowest BCUT2D eigenvalue weighted by molar-refractivity contribution is -0.384. The molecule has 0 radical (unpaired) electrons. The first-order chi connectivity index (χ1) is 8.15. The molecular weight excluding hydrogens is 242 g/mol. The largest absolute Gasteiger partial charge is 0.488 e. The number of non-ortho nitro benzene ring substituents is 1. The van der Waals surface area contributed by atoms with Gasteiger partial charge in [-0.3, -0.25) is 10.1 Å². The minimum atomic E-state index is -0.451. The van der Waals surface area contributed by atoms with Gasteiger partial charge in [-0.2, -0.15) is 0 Å². The molecule has 0 bridgehead atoms. The van der Waals surface area contributed by atoms with Crippen LogP contribution in [-0.2, 0) is 6.61 Å². The van der Waals surface area contributed by atoms with E-state index in [4.69, 9.17) is 10.5 Å². The summed E-state index contributed by atoms with van der Waals surface area (Å²) in [5.74, 6) is 0.572. The van der Waals surface area contributed by atoms with Gasteiger partial charge in [0.25, 0.3) is 5.69 Å². The van der Waals surface area contributed by atoms with Gasteiger partial charge in [0.2, 0.25) is 0 Å². The van der Waals surface area contributed by atoms with Crippen LogP contribution in [0.1, 0.15) is 4.88 Å². The molecule has 6 nitrogen and oxygen atoms in total. The predicted molar refractivity (Wildman–Crippen MR) is 64.0 cm³/mol. The van der Waals surface area contributed by atoms with Crippen molar-refractivity contribution in [1.82, 2.24) is 4.98 Å². The molecule has 88 valence electrons. The van der Waals surface area contributed by atoms with E-state index in [9.17, 15) is 10.1 Å². The van der Waals surface area contributed by atoms with Gasteiger partial charge in [0.05, 0.1) is 9.80 Å². The summed E-state index contributed by atoms with van der Waals surface area (Å²) in [5, 5.41) is 10.9. The molecule has 0 unspecified atom stereocenters. The Morgan fingerprint density at radius 3 is 2.65 bits per heavy atom. The van der Waals surface area contributed by atoms with E-state index in [1.54, 1.807) is 18.3 Å². The van der Waals surface area contributed by atoms with Crippen LogP contribution in [0.25, 0.3) is 0 Å². The molecule has 2 N–H and O–H groups in total. The molecule has 2 aromatic rings. The minimum Gasteiger partial charge on any atom is -0.488 e. The van der Waals surface area contributed by atoms with Crippen LogP contribution >= 0.6 is 11.3 Å². The number of thiazole rings is 1. The summed E-state index contributed by atoms with van der Waals surface area (Å²) in [6.45, 7) is 0.354. The van der Waals surface area contributed by atoms with Gasteiger partial charge in [0, 0.05) is 18.3 Å². The molecule has 0 aliphatic rings. The Balaban J connectivity index is 1.97. The Kier molecular flexibility index (Phi) is 3.20. The molecule has 0 saturated carbocycles. The normalized spacial score (nSPS) is 10.1. The molecular formula is C10H9N3O3S. The molecule has 1 heterocycles. The first kappa shape index (κ1) is 11.3. The number of nitrogen functional groups attached to an aromatic ring is 1. The molecule has 0 atom stereocenters. The number of benzene rings is 1. The zero-order valence-corrected chi connectivity index (χ0v) is 9.52. The lowest BCUT2D eigenvalue weighted by atomic mass is 10.3. The van der Waals surface area contributed by atoms with E-state index in [0.717, 1.165) is 4.88 Å². The molecule has 2 rings (SSSR count). The number of nitro benzene ring substituents is 1. The monoisotopic (exact) mass is 251 g/mol. The van der Waals surface area contributed by atoms with Crippen molar-refractivity contribution in [3.8, 4) is 5.75 Å². The van der Waals surface area contributed by atoms with Crippen LogP contribution in [-0.4, -0.2) is 9.91 Å². The molecule has 1 aromatic carbocycles. The van der Waals surface area contributed by atoms with E-state index in [1.807, 2.05) is 0 Å². The molecule has 0 aliphatic carbocycles. The number of hydrogen-bond donors (Lipinski definition) is 1. The summed E-state index contributed by atoms with van der Waals surface area (Å²) in [6, 6.07) is 5.91. The van der Waals surface area contributed by atoms with E-state index in [-0.39, 0.29) is 5.69 Å². The van der Waals surface area contributed by atoms with Crippen LogP contribution < -0.4 is 10.5 Å². The Bertz CT molecular complexity index is 524. The smallest absolute Gasteiger partial charge is 0.269 e. The highest BCUT2D eigenvalue weighted by atomic mass is 32.1. The summed E-state index contributed by atoms with van der Waals surface area (Å²) >= 11 is 1.35. The van der Waals surface area contributed by atoms with Gasteiger partial charge in [-0.15, -0.1) is 0 Å². The molecule has 0 saturated heterocycles. The third kappa shape index (κ3) is 2.91. The van der Waals surface area contributed by atoms with Crippen molar-refractivity contribution in [2.75, 3.05) is 5.73 Å². The highest BCUT2D eigenvalue weighted by molar-refractivity contribution is 7.15. The number of rotatable bonds is 4. The average Bonchev–Trinajstić information content (AvgIpc) is 2.73. The average molecular weight is 251 g/mol. The van der Waals surface area contributed by atoms with Crippen LogP contribution in [0.15, 0.2) is 30.5 Å². The van der Waals surface area contributed by atoms with Crippen molar-refractivity contribution in [3.05, 3.63) is 45.5 Å². The summed E-state index contributed by atoms with van der Waals surface area (Å²) in [4.78, 5) is 14.8. The number of nitro groups is 1. The number of nitrogens with two attached hydrogens (primary N) is 1. The van der Waals surface area contributed by atoms with E-state index in [1.165, 1.54) is 23.5 Å². The highest BCUT2D eigenvalue weighted by Crippen LogP contribution is 2.20. The first-order valence-electron chi connectivity index (χ1n) is 4.72. The van der Waals surface area contributed by atoms with Gasteiger partial charge in [-0.1, -0.05) is 11.3 Å². The van der Waals surface area contributed by atoms with Crippen molar-refractivity contribution in [3.63, 3.8) is 0 Å². The molecule has 0 amide bonds. The Labute approximate surface area is 101 Å². The summed E-state index contributed by atoms with van der Waals surface area (Å²) in [7, 11) is 0. The first-order valence-corrected chi connectivity index (χ1v) is 5.54. The SMILES string of the molecule is Nc1ncc(COc2ccc([N+](=O)[O-])cc2)s1. The molecule has 0 aliphatic heterocycles. The molecule has 17 heavy (non-hydrogen) atoms. The van der Waals surface area contributed by atoms with Gasteiger partial charge in [-0.25, -0.2) is 4.98 Å². The van der Waals surface area contributed by atoms with Gasteiger partial charge in [0.1, 0.15) is 12.4 Å². The zero-order valence-electron chi connectivity index (χ0n) is 8.70. The van der Waals surface area contributed by atoms with Crippen LogP contribution in [0.5, 0.6) is 5.75 Å².